The fourth-order valence-corrected chi connectivity index (χ4v) is 3.10. The van der Waals surface area contributed by atoms with Crippen molar-refractivity contribution in [2.75, 3.05) is 13.1 Å². The topological polar surface area (TPSA) is 77.3 Å². The quantitative estimate of drug-likeness (QED) is 0.736. The number of rotatable bonds is 4. The summed E-state index contributed by atoms with van der Waals surface area (Å²) in [6.07, 6.45) is 9.32. The molecule has 0 unspecified atom stereocenters. The van der Waals surface area contributed by atoms with Crippen molar-refractivity contribution in [3.63, 3.8) is 0 Å². The van der Waals surface area contributed by atoms with Crippen LogP contribution in [-0.2, 0) is 11.2 Å². The van der Waals surface area contributed by atoms with E-state index in [2.05, 4.69) is 14.7 Å². The monoisotopic (exact) mass is 326 g/mol. The van der Waals surface area contributed by atoms with Gasteiger partial charge in [0, 0.05) is 37.6 Å². The number of likely N-dealkylation sites (tertiary alicyclic amines) is 1. The normalized spacial score (nSPS) is 15.8. The van der Waals surface area contributed by atoms with E-state index in [-0.39, 0.29) is 12.3 Å². The lowest BCUT2D eigenvalue weighted by molar-refractivity contribution is -0.131. The number of amides is 1. The van der Waals surface area contributed by atoms with Gasteiger partial charge in [0.25, 0.3) is 0 Å². The first-order valence-electron chi connectivity index (χ1n) is 8.04. The number of carbonyl (C=O) groups excluding carboxylic acids is 1. The summed E-state index contributed by atoms with van der Waals surface area (Å²) in [6, 6.07) is 5.77. The van der Waals surface area contributed by atoms with Crippen LogP contribution in [0.2, 0.25) is 0 Å². The highest BCUT2D eigenvalue weighted by Crippen LogP contribution is 2.24. The van der Waals surface area contributed by atoms with Gasteiger partial charge in [0.1, 0.15) is 0 Å². The van der Waals surface area contributed by atoms with Crippen molar-refractivity contribution in [3.8, 4) is 11.5 Å². The lowest BCUT2D eigenvalue weighted by atomic mass is 10.0. The fraction of sp³-hybridized carbons (Fsp3) is 0.353. The average Bonchev–Trinajstić information content (AvgIpc) is 3.36. The van der Waals surface area contributed by atoms with Crippen molar-refractivity contribution in [3.05, 3.63) is 48.9 Å². The molecule has 7 heteroatoms. The lowest BCUT2D eigenvalue weighted by Crippen LogP contribution is -2.39. The summed E-state index contributed by atoms with van der Waals surface area (Å²) in [5.41, 5.74) is 0.628. The molecule has 0 radical (unpaired) electrons. The number of imidazole rings is 1. The van der Waals surface area contributed by atoms with Gasteiger partial charge in [-0.3, -0.25) is 4.79 Å². The van der Waals surface area contributed by atoms with Crippen molar-refractivity contribution in [1.82, 2.24) is 19.6 Å². The van der Waals surface area contributed by atoms with Gasteiger partial charge in [0.2, 0.25) is 11.7 Å². The highest BCUT2D eigenvalue weighted by Gasteiger charge is 2.24. The molecule has 0 bridgehead atoms. The summed E-state index contributed by atoms with van der Waals surface area (Å²) in [5.74, 6) is 1.24. The second-order valence-corrected chi connectivity index (χ2v) is 5.96. The molecule has 0 spiro atoms. The standard InChI is InChI=1S/C17H18N4O3/c22-17(11-13-10-16(24-19-13)15-2-1-9-23-15)20-6-3-14(4-7-20)21-8-5-18-12-21/h1-2,5,8-10,12,14H,3-4,6-7,11H2. The molecule has 0 N–H and O–H groups in total. The number of carbonyl (C=O) groups is 1. The third kappa shape index (κ3) is 2.97. The molecular weight excluding hydrogens is 308 g/mol. The van der Waals surface area contributed by atoms with Gasteiger partial charge in [0.15, 0.2) is 5.76 Å². The first-order chi connectivity index (χ1) is 11.8. The van der Waals surface area contributed by atoms with Gasteiger partial charge in [0.05, 0.1) is 24.7 Å². The molecule has 124 valence electrons. The number of furan rings is 1. The van der Waals surface area contributed by atoms with Crippen LogP contribution in [0, 0.1) is 0 Å². The summed E-state index contributed by atoms with van der Waals surface area (Å²) in [5, 5.41) is 3.97. The molecule has 0 aromatic carbocycles. The maximum Gasteiger partial charge on any atom is 0.228 e. The molecule has 3 aromatic heterocycles. The van der Waals surface area contributed by atoms with Gasteiger partial charge >= 0.3 is 0 Å². The van der Waals surface area contributed by atoms with Crippen LogP contribution < -0.4 is 0 Å². The molecule has 24 heavy (non-hydrogen) atoms. The van der Waals surface area contributed by atoms with Crippen LogP contribution in [0.25, 0.3) is 11.5 Å². The largest absolute Gasteiger partial charge is 0.461 e. The van der Waals surface area contributed by atoms with Crippen LogP contribution in [-0.4, -0.2) is 38.6 Å². The first kappa shape index (κ1) is 14.7. The van der Waals surface area contributed by atoms with Crippen LogP contribution in [0.15, 0.2) is 52.1 Å². The minimum atomic E-state index is 0.0818. The van der Waals surface area contributed by atoms with E-state index < -0.39 is 0 Å². The van der Waals surface area contributed by atoms with Crippen molar-refractivity contribution in [2.45, 2.75) is 25.3 Å². The van der Waals surface area contributed by atoms with Gasteiger partial charge in [-0.1, -0.05) is 5.16 Å². The Kier molecular flexibility index (Phi) is 3.90. The Morgan fingerprint density at radius 2 is 2.17 bits per heavy atom. The Balaban J connectivity index is 1.34. The predicted octanol–water partition coefficient (Wildman–Crippen LogP) is 2.54. The molecule has 4 rings (SSSR count). The van der Waals surface area contributed by atoms with Crippen LogP contribution >= 0.6 is 0 Å². The molecule has 1 aliphatic heterocycles. The van der Waals surface area contributed by atoms with Crippen molar-refractivity contribution >= 4 is 5.91 Å². The predicted molar refractivity (Wildman–Crippen MR) is 85.0 cm³/mol. The molecule has 7 nitrogen and oxygen atoms in total. The number of aromatic nitrogens is 3. The molecular formula is C17H18N4O3. The highest BCUT2D eigenvalue weighted by molar-refractivity contribution is 5.78. The SMILES string of the molecule is O=C(Cc1cc(-c2ccco2)on1)N1CCC(n2ccnc2)CC1. The van der Waals surface area contributed by atoms with E-state index in [0.29, 0.717) is 23.3 Å². The molecule has 0 aliphatic carbocycles. The Morgan fingerprint density at radius 3 is 2.88 bits per heavy atom. The molecule has 3 aromatic rings. The Labute approximate surface area is 138 Å². The highest BCUT2D eigenvalue weighted by atomic mass is 16.5. The van der Waals surface area contributed by atoms with Crippen molar-refractivity contribution < 1.29 is 13.7 Å². The second-order valence-electron chi connectivity index (χ2n) is 5.96. The van der Waals surface area contributed by atoms with Gasteiger partial charge in [-0.05, 0) is 25.0 Å². The summed E-state index contributed by atoms with van der Waals surface area (Å²) >= 11 is 0. The molecule has 0 saturated carbocycles. The van der Waals surface area contributed by atoms with Gasteiger partial charge in [-0.25, -0.2) is 4.98 Å². The van der Waals surface area contributed by atoms with Gasteiger partial charge < -0.3 is 18.4 Å². The average molecular weight is 326 g/mol. The molecule has 4 heterocycles. The summed E-state index contributed by atoms with van der Waals surface area (Å²) < 4.78 is 12.6. The fourth-order valence-electron chi connectivity index (χ4n) is 3.10. The van der Waals surface area contributed by atoms with E-state index in [1.807, 2.05) is 17.4 Å². The van der Waals surface area contributed by atoms with Crippen molar-refractivity contribution in [1.29, 1.82) is 0 Å². The van der Waals surface area contributed by atoms with Gasteiger partial charge in [-0.15, -0.1) is 0 Å². The maximum absolute atomic E-state index is 12.5. The zero-order valence-corrected chi connectivity index (χ0v) is 13.2. The third-order valence-corrected chi connectivity index (χ3v) is 4.42. The molecule has 1 fully saturated rings. The van der Waals surface area contributed by atoms with E-state index in [0.717, 1.165) is 25.9 Å². The third-order valence-electron chi connectivity index (χ3n) is 4.42. The van der Waals surface area contributed by atoms with Crippen molar-refractivity contribution in [2.24, 2.45) is 0 Å². The zero-order valence-electron chi connectivity index (χ0n) is 13.2. The zero-order chi connectivity index (χ0) is 16.4. The molecule has 0 atom stereocenters. The summed E-state index contributed by atoms with van der Waals surface area (Å²) in [7, 11) is 0. The molecule has 1 aliphatic rings. The van der Waals surface area contributed by atoms with E-state index >= 15 is 0 Å². The van der Waals surface area contributed by atoms with E-state index in [1.54, 1.807) is 30.7 Å². The summed E-state index contributed by atoms with van der Waals surface area (Å²) in [6.45, 7) is 1.51. The van der Waals surface area contributed by atoms with Crippen LogP contribution in [0.3, 0.4) is 0 Å². The minimum Gasteiger partial charge on any atom is -0.461 e. The number of piperidine rings is 1. The smallest absolute Gasteiger partial charge is 0.228 e. The molecule has 1 saturated heterocycles. The van der Waals surface area contributed by atoms with Gasteiger partial charge in [-0.2, -0.15) is 0 Å². The van der Waals surface area contributed by atoms with Crippen LogP contribution in [0.1, 0.15) is 24.6 Å². The van der Waals surface area contributed by atoms with Crippen LogP contribution in [0.4, 0.5) is 0 Å². The van der Waals surface area contributed by atoms with Crippen LogP contribution in [0.5, 0.6) is 0 Å². The number of nitrogens with zero attached hydrogens (tertiary/aromatic N) is 4. The van der Waals surface area contributed by atoms with E-state index in [4.69, 9.17) is 8.94 Å². The maximum atomic E-state index is 12.5. The lowest BCUT2D eigenvalue weighted by Gasteiger charge is -2.32. The Morgan fingerprint density at radius 1 is 1.29 bits per heavy atom. The summed E-state index contributed by atoms with van der Waals surface area (Å²) in [4.78, 5) is 18.4. The first-order valence-corrected chi connectivity index (χ1v) is 8.04. The Hall–Kier alpha value is -2.83. The number of hydrogen-bond acceptors (Lipinski definition) is 5. The van der Waals surface area contributed by atoms with E-state index in [1.165, 1.54) is 0 Å². The molecule has 1 amide bonds. The number of hydrogen-bond donors (Lipinski definition) is 0. The minimum absolute atomic E-state index is 0.0818. The Bertz CT molecular complexity index is 784. The van der Waals surface area contributed by atoms with E-state index in [9.17, 15) is 4.79 Å². The second kappa shape index (κ2) is 6.35.